The Kier molecular flexibility index (Phi) is 4.17. The van der Waals surface area contributed by atoms with E-state index >= 15 is 0 Å². The maximum absolute atomic E-state index is 5.40. The van der Waals surface area contributed by atoms with Gasteiger partial charge in [-0.1, -0.05) is 0 Å². The normalized spacial score (nSPS) is 14.4. The summed E-state index contributed by atoms with van der Waals surface area (Å²) in [7, 11) is 0. The molecule has 1 aromatic rings. The molecule has 0 aliphatic heterocycles. The number of nitrogens with zero attached hydrogens (tertiary/aromatic N) is 4. The molecular formula is C12H21N5O. The van der Waals surface area contributed by atoms with Gasteiger partial charge >= 0.3 is 6.01 Å². The zero-order valence-corrected chi connectivity index (χ0v) is 11.3. The predicted octanol–water partition coefficient (Wildman–Crippen LogP) is 1.69. The topological polar surface area (TPSA) is 63.2 Å². The van der Waals surface area contributed by atoms with E-state index in [0.29, 0.717) is 24.6 Å². The Labute approximate surface area is 108 Å². The highest BCUT2D eigenvalue weighted by molar-refractivity contribution is 5.40. The molecule has 0 aromatic carbocycles. The van der Waals surface area contributed by atoms with Crippen LogP contribution in [0.25, 0.3) is 0 Å². The number of nitrogens with one attached hydrogen (secondary N) is 1. The lowest BCUT2D eigenvalue weighted by Gasteiger charge is -2.20. The van der Waals surface area contributed by atoms with Gasteiger partial charge in [-0.25, -0.2) is 0 Å². The lowest BCUT2D eigenvalue weighted by atomic mass is 10.5. The summed E-state index contributed by atoms with van der Waals surface area (Å²) in [6.07, 6.45) is 2.44. The zero-order valence-electron chi connectivity index (χ0n) is 11.3. The Hall–Kier alpha value is -1.59. The third kappa shape index (κ3) is 3.00. The molecule has 18 heavy (non-hydrogen) atoms. The van der Waals surface area contributed by atoms with Crippen LogP contribution in [0.1, 0.15) is 33.6 Å². The van der Waals surface area contributed by atoms with Crippen LogP contribution in [-0.4, -0.2) is 40.7 Å². The van der Waals surface area contributed by atoms with E-state index in [4.69, 9.17) is 4.74 Å². The van der Waals surface area contributed by atoms with Crippen molar-refractivity contribution < 1.29 is 4.74 Å². The average Bonchev–Trinajstić information content (AvgIpc) is 3.15. The van der Waals surface area contributed by atoms with Crippen LogP contribution in [0, 0.1) is 0 Å². The first-order valence-electron chi connectivity index (χ1n) is 6.67. The van der Waals surface area contributed by atoms with Crippen LogP contribution < -0.4 is 15.0 Å². The van der Waals surface area contributed by atoms with Crippen molar-refractivity contribution in [1.82, 2.24) is 15.0 Å². The molecule has 6 nitrogen and oxygen atoms in total. The van der Waals surface area contributed by atoms with E-state index in [1.54, 1.807) is 0 Å². The number of ether oxygens (including phenoxy) is 1. The second kappa shape index (κ2) is 5.84. The maximum atomic E-state index is 5.40. The quantitative estimate of drug-likeness (QED) is 0.795. The predicted molar refractivity (Wildman–Crippen MR) is 71.2 cm³/mol. The van der Waals surface area contributed by atoms with Crippen molar-refractivity contribution in [3.8, 4) is 6.01 Å². The van der Waals surface area contributed by atoms with Gasteiger partial charge in [0.1, 0.15) is 0 Å². The van der Waals surface area contributed by atoms with Gasteiger partial charge in [0.15, 0.2) is 0 Å². The number of aromatic nitrogens is 3. The summed E-state index contributed by atoms with van der Waals surface area (Å²) >= 11 is 0. The fourth-order valence-corrected chi connectivity index (χ4v) is 1.85. The molecule has 0 atom stereocenters. The van der Waals surface area contributed by atoms with Crippen molar-refractivity contribution >= 4 is 11.9 Å². The third-order valence-corrected chi connectivity index (χ3v) is 2.80. The summed E-state index contributed by atoms with van der Waals surface area (Å²) in [5.41, 5.74) is 0. The fraction of sp³-hybridized carbons (Fsp3) is 0.750. The zero-order chi connectivity index (χ0) is 13.0. The van der Waals surface area contributed by atoms with Gasteiger partial charge in [0.25, 0.3) is 0 Å². The number of hydrogen-bond acceptors (Lipinski definition) is 6. The van der Waals surface area contributed by atoms with Gasteiger partial charge in [-0.05, 0) is 33.6 Å². The Morgan fingerprint density at radius 3 is 2.56 bits per heavy atom. The van der Waals surface area contributed by atoms with Crippen LogP contribution in [0.15, 0.2) is 0 Å². The van der Waals surface area contributed by atoms with E-state index in [2.05, 4.69) is 32.1 Å². The average molecular weight is 251 g/mol. The van der Waals surface area contributed by atoms with Gasteiger partial charge in [-0.2, -0.15) is 15.0 Å². The molecule has 0 spiro atoms. The summed E-state index contributed by atoms with van der Waals surface area (Å²) in [5.74, 6) is 1.31. The number of hydrogen-bond donors (Lipinski definition) is 1. The molecule has 0 amide bonds. The summed E-state index contributed by atoms with van der Waals surface area (Å²) in [5, 5.41) is 3.12. The lowest BCUT2D eigenvalue weighted by Crippen LogP contribution is -2.27. The first-order chi connectivity index (χ1) is 8.78. The summed E-state index contributed by atoms with van der Waals surface area (Å²) in [4.78, 5) is 15.3. The van der Waals surface area contributed by atoms with Crippen molar-refractivity contribution in [3.63, 3.8) is 0 Å². The van der Waals surface area contributed by atoms with Crippen LogP contribution in [-0.2, 0) is 0 Å². The van der Waals surface area contributed by atoms with Crippen molar-refractivity contribution in [2.45, 2.75) is 39.7 Å². The van der Waals surface area contributed by atoms with Gasteiger partial charge in [0.2, 0.25) is 11.9 Å². The largest absolute Gasteiger partial charge is 0.464 e. The second-order valence-corrected chi connectivity index (χ2v) is 4.22. The molecule has 1 N–H and O–H groups in total. The highest BCUT2D eigenvalue weighted by atomic mass is 16.5. The summed E-state index contributed by atoms with van der Waals surface area (Å²) in [6.45, 7) is 8.31. The van der Waals surface area contributed by atoms with Gasteiger partial charge in [0, 0.05) is 19.1 Å². The van der Waals surface area contributed by atoms with E-state index in [9.17, 15) is 0 Å². The Morgan fingerprint density at radius 1 is 1.22 bits per heavy atom. The second-order valence-electron chi connectivity index (χ2n) is 4.22. The Balaban J connectivity index is 2.25. The molecule has 0 bridgehead atoms. The molecule has 1 aliphatic carbocycles. The van der Waals surface area contributed by atoms with E-state index in [-0.39, 0.29) is 0 Å². The van der Waals surface area contributed by atoms with Crippen molar-refractivity contribution in [1.29, 1.82) is 0 Å². The summed E-state index contributed by atoms with van der Waals surface area (Å²) in [6, 6.07) is 0.985. The molecule has 1 saturated carbocycles. The highest BCUT2D eigenvalue weighted by Crippen LogP contribution is 2.30. The van der Waals surface area contributed by atoms with Crippen molar-refractivity contribution in [2.75, 3.05) is 29.9 Å². The van der Waals surface area contributed by atoms with Crippen LogP contribution in [0.5, 0.6) is 6.01 Å². The Morgan fingerprint density at radius 2 is 2.00 bits per heavy atom. The van der Waals surface area contributed by atoms with Crippen LogP contribution >= 0.6 is 0 Å². The van der Waals surface area contributed by atoms with Gasteiger partial charge in [-0.3, -0.25) is 0 Å². The maximum Gasteiger partial charge on any atom is 0.323 e. The SMILES string of the molecule is CCNc1nc(OCC)nc(N(CC)C2CC2)n1. The smallest absolute Gasteiger partial charge is 0.323 e. The highest BCUT2D eigenvalue weighted by Gasteiger charge is 2.30. The van der Waals surface area contributed by atoms with Gasteiger partial charge in [0.05, 0.1) is 6.61 Å². The van der Waals surface area contributed by atoms with Gasteiger partial charge < -0.3 is 15.0 Å². The van der Waals surface area contributed by atoms with Crippen LogP contribution in [0.2, 0.25) is 0 Å². The van der Waals surface area contributed by atoms with E-state index in [1.165, 1.54) is 12.8 Å². The molecule has 1 fully saturated rings. The lowest BCUT2D eigenvalue weighted by molar-refractivity contribution is 0.312. The minimum absolute atomic E-state index is 0.401. The molecule has 6 heteroatoms. The molecule has 1 heterocycles. The minimum Gasteiger partial charge on any atom is -0.464 e. The molecule has 100 valence electrons. The van der Waals surface area contributed by atoms with Crippen molar-refractivity contribution in [2.24, 2.45) is 0 Å². The fourth-order valence-electron chi connectivity index (χ4n) is 1.85. The number of anilines is 2. The monoisotopic (exact) mass is 251 g/mol. The molecule has 1 aromatic heterocycles. The molecule has 0 saturated heterocycles. The summed E-state index contributed by atoms with van der Waals surface area (Å²) < 4.78 is 5.40. The molecule has 0 unspecified atom stereocenters. The molecule has 1 aliphatic rings. The van der Waals surface area contributed by atoms with E-state index in [0.717, 1.165) is 19.0 Å². The molecular weight excluding hydrogens is 230 g/mol. The van der Waals surface area contributed by atoms with E-state index < -0.39 is 0 Å². The minimum atomic E-state index is 0.401. The standard InChI is InChI=1S/C12H21N5O/c1-4-13-10-14-11(16-12(15-10)18-6-3)17(5-2)9-7-8-9/h9H,4-8H2,1-3H3,(H,13,14,15,16). The third-order valence-electron chi connectivity index (χ3n) is 2.80. The van der Waals surface area contributed by atoms with E-state index in [1.807, 2.05) is 13.8 Å². The molecule has 2 rings (SSSR count). The van der Waals surface area contributed by atoms with Crippen molar-refractivity contribution in [3.05, 3.63) is 0 Å². The number of rotatable bonds is 7. The first-order valence-corrected chi connectivity index (χ1v) is 6.67. The van der Waals surface area contributed by atoms with Crippen LogP contribution in [0.4, 0.5) is 11.9 Å². The molecule has 0 radical (unpaired) electrons. The Bertz CT molecular complexity index is 370. The van der Waals surface area contributed by atoms with Gasteiger partial charge in [-0.15, -0.1) is 0 Å². The first kappa shape index (κ1) is 12.9. The van der Waals surface area contributed by atoms with Crippen LogP contribution in [0.3, 0.4) is 0 Å².